The van der Waals surface area contributed by atoms with Crippen molar-refractivity contribution in [3.63, 3.8) is 0 Å². The number of morpholine rings is 1. The fourth-order valence-corrected chi connectivity index (χ4v) is 4.00. The fourth-order valence-electron chi connectivity index (χ4n) is 4.00. The molecule has 1 saturated carbocycles. The van der Waals surface area contributed by atoms with Crippen LogP contribution in [0.3, 0.4) is 0 Å². The Kier molecular flexibility index (Phi) is 3.47. The lowest BCUT2D eigenvalue weighted by atomic mass is 9.95. The lowest BCUT2D eigenvalue weighted by Gasteiger charge is -2.33. The lowest BCUT2D eigenvalue weighted by Crippen LogP contribution is -2.42. The van der Waals surface area contributed by atoms with Crippen LogP contribution in [-0.4, -0.2) is 46.3 Å². The van der Waals surface area contributed by atoms with E-state index in [1.165, 1.54) is 32.2 Å². The molecule has 2 saturated heterocycles. The van der Waals surface area contributed by atoms with Crippen LogP contribution in [0, 0.1) is 0 Å². The van der Waals surface area contributed by atoms with Gasteiger partial charge in [0.2, 0.25) is 11.7 Å². The lowest BCUT2D eigenvalue weighted by molar-refractivity contribution is -0.0548. The quantitative estimate of drug-likeness (QED) is 0.908. The van der Waals surface area contributed by atoms with Gasteiger partial charge >= 0.3 is 0 Å². The number of aromatic nitrogens is 2. The smallest absolute Gasteiger partial charge is 0.228 e. The van der Waals surface area contributed by atoms with Crippen molar-refractivity contribution in [2.75, 3.05) is 19.7 Å². The molecular formula is C15H24N4O2. The van der Waals surface area contributed by atoms with Gasteiger partial charge in [0.05, 0.1) is 6.61 Å². The Morgan fingerprint density at radius 3 is 3.00 bits per heavy atom. The van der Waals surface area contributed by atoms with Crippen LogP contribution >= 0.6 is 0 Å². The predicted octanol–water partition coefficient (Wildman–Crippen LogP) is 1.42. The Morgan fingerprint density at radius 2 is 2.14 bits per heavy atom. The van der Waals surface area contributed by atoms with Gasteiger partial charge in [0.1, 0.15) is 6.10 Å². The molecule has 0 spiro atoms. The van der Waals surface area contributed by atoms with Gasteiger partial charge in [0.15, 0.2) is 0 Å². The predicted molar refractivity (Wildman–Crippen MR) is 76.7 cm³/mol. The molecule has 2 unspecified atom stereocenters. The van der Waals surface area contributed by atoms with Crippen molar-refractivity contribution in [2.45, 2.75) is 62.6 Å². The molecule has 4 rings (SSSR count). The van der Waals surface area contributed by atoms with Crippen molar-refractivity contribution in [3.8, 4) is 0 Å². The highest BCUT2D eigenvalue weighted by molar-refractivity contribution is 5.01. The number of ether oxygens (including phenoxy) is 1. The summed E-state index contributed by atoms with van der Waals surface area (Å²) in [6, 6.07) is 0.596. The zero-order chi connectivity index (χ0) is 14.3. The second kappa shape index (κ2) is 5.34. The van der Waals surface area contributed by atoms with Gasteiger partial charge in [-0.15, -0.1) is 0 Å². The summed E-state index contributed by atoms with van der Waals surface area (Å²) in [6.07, 6.45) is 7.70. The van der Waals surface area contributed by atoms with Gasteiger partial charge in [0, 0.05) is 24.5 Å². The summed E-state index contributed by atoms with van der Waals surface area (Å²) in [5.74, 6) is 1.36. The third-order valence-corrected chi connectivity index (χ3v) is 5.26. The fraction of sp³-hybridized carbons (Fsp3) is 0.867. The van der Waals surface area contributed by atoms with Crippen molar-refractivity contribution in [3.05, 3.63) is 11.7 Å². The van der Waals surface area contributed by atoms with E-state index in [4.69, 9.17) is 15.0 Å². The third-order valence-electron chi connectivity index (χ3n) is 5.26. The number of hydrogen-bond acceptors (Lipinski definition) is 6. The standard InChI is InChI=1S/C15H24N4O2/c16-15(5-1-2-6-15)8-13-17-14(18-21-13)12-9-19-7-3-4-11(19)10-20-12/h11-12H,1-10,16H2. The molecule has 2 N–H and O–H groups in total. The van der Waals surface area contributed by atoms with Crippen LogP contribution in [-0.2, 0) is 11.2 Å². The van der Waals surface area contributed by atoms with E-state index in [9.17, 15) is 0 Å². The maximum Gasteiger partial charge on any atom is 0.228 e. The van der Waals surface area contributed by atoms with E-state index in [1.54, 1.807) is 0 Å². The van der Waals surface area contributed by atoms with Gasteiger partial charge in [-0.1, -0.05) is 18.0 Å². The van der Waals surface area contributed by atoms with E-state index in [2.05, 4.69) is 15.0 Å². The number of nitrogens with two attached hydrogens (primary N) is 1. The molecule has 1 aliphatic carbocycles. The minimum Gasteiger partial charge on any atom is -0.367 e. The Morgan fingerprint density at radius 1 is 1.29 bits per heavy atom. The average molecular weight is 292 g/mol. The van der Waals surface area contributed by atoms with Gasteiger partial charge in [-0.3, -0.25) is 4.90 Å². The summed E-state index contributed by atoms with van der Waals surface area (Å²) in [5.41, 5.74) is 6.24. The molecule has 116 valence electrons. The van der Waals surface area contributed by atoms with Crippen molar-refractivity contribution in [1.29, 1.82) is 0 Å². The Balaban J connectivity index is 1.42. The zero-order valence-electron chi connectivity index (χ0n) is 12.5. The summed E-state index contributed by atoms with van der Waals surface area (Å²) >= 11 is 0. The zero-order valence-corrected chi connectivity index (χ0v) is 12.5. The molecule has 3 heterocycles. The highest BCUT2D eigenvalue weighted by atomic mass is 16.5. The third kappa shape index (κ3) is 2.72. The minimum atomic E-state index is -0.142. The van der Waals surface area contributed by atoms with E-state index in [1.807, 2.05) is 0 Å². The van der Waals surface area contributed by atoms with Crippen molar-refractivity contribution in [1.82, 2.24) is 15.0 Å². The average Bonchev–Trinajstić information content (AvgIpc) is 3.18. The molecule has 2 aliphatic heterocycles. The van der Waals surface area contributed by atoms with Crippen LogP contribution in [0.1, 0.15) is 56.3 Å². The normalized spacial score (nSPS) is 32.4. The van der Waals surface area contributed by atoms with Gasteiger partial charge < -0.3 is 15.0 Å². The summed E-state index contributed by atoms with van der Waals surface area (Å²) in [6.45, 7) is 2.84. The minimum absolute atomic E-state index is 0.0471. The molecule has 1 aromatic heterocycles. The molecule has 0 radical (unpaired) electrons. The van der Waals surface area contributed by atoms with Crippen LogP contribution in [0.25, 0.3) is 0 Å². The van der Waals surface area contributed by atoms with Crippen molar-refractivity contribution in [2.24, 2.45) is 5.73 Å². The van der Waals surface area contributed by atoms with Gasteiger partial charge in [0.25, 0.3) is 0 Å². The number of rotatable bonds is 3. The highest BCUT2D eigenvalue weighted by Gasteiger charge is 2.36. The van der Waals surface area contributed by atoms with E-state index in [0.29, 0.717) is 24.2 Å². The van der Waals surface area contributed by atoms with Crippen molar-refractivity contribution >= 4 is 0 Å². The van der Waals surface area contributed by atoms with Crippen molar-refractivity contribution < 1.29 is 9.26 Å². The largest absolute Gasteiger partial charge is 0.367 e. The van der Waals surface area contributed by atoms with Crippen LogP contribution in [0.4, 0.5) is 0 Å². The molecule has 0 bridgehead atoms. The first-order valence-electron chi connectivity index (χ1n) is 8.19. The summed E-state index contributed by atoms with van der Waals surface area (Å²) in [5, 5.41) is 4.13. The van der Waals surface area contributed by atoms with Gasteiger partial charge in [-0.2, -0.15) is 4.98 Å². The monoisotopic (exact) mass is 292 g/mol. The first-order valence-corrected chi connectivity index (χ1v) is 8.19. The highest BCUT2D eigenvalue weighted by Crippen LogP contribution is 2.31. The van der Waals surface area contributed by atoms with E-state index in [0.717, 1.165) is 26.0 Å². The Labute approximate surface area is 125 Å². The second-order valence-electron chi connectivity index (χ2n) is 6.91. The number of fused-ring (bicyclic) bond motifs is 1. The second-order valence-corrected chi connectivity index (χ2v) is 6.91. The SMILES string of the molecule is NC1(Cc2nc(C3CN4CCCC4CO3)no2)CCCC1. The van der Waals surface area contributed by atoms with Gasteiger partial charge in [-0.05, 0) is 32.2 Å². The Hall–Kier alpha value is -0.980. The van der Waals surface area contributed by atoms with Crippen LogP contribution in [0.2, 0.25) is 0 Å². The van der Waals surface area contributed by atoms with E-state index < -0.39 is 0 Å². The molecule has 3 fully saturated rings. The topological polar surface area (TPSA) is 77.4 Å². The number of nitrogens with zero attached hydrogens (tertiary/aromatic N) is 3. The maximum atomic E-state index is 6.38. The number of hydrogen-bond donors (Lipinski definition) is 1. The maximum absolute atomic E-state index is 6.38. The van der Waals surface area contributed by atoms with Crippen LogP contribution in [0.5, 0.6) is 0 Å². The van der Waals surface area contributed by atoms with E-state index >= 15 is 0 Å². The first-order chi connectivity index (χ1) is 10.2. The Bertz CT molecular complexity index is 498. The molecular weight excluding hydrogens is 268 g/mol. The molecule has 0 amide bonds. The molecule has 3 aliphatic rings. The summed E-state index contributed by atoms with van der Waals surface area (Å²) < 4.78 is 11.3. The summed E-state index contributed by atoms with van der Waals surface area (Å²) in [7, 11) is 0. The van der Waals surface area contributed by atoms with E-state index in [-0.39, 0.29) is 11.6 Å². The molecule has 1 aromatic rings. The van der Waals surface area contributed by atoms with Crippen LogP contribution in [0.15, 0.2) is 4.52 Å². The van der Waals surface area contributed by atoms with Gasteiger partial charge in [-0.25, -0.2) is 0 Å². The molecule has 0 aromatic carbocycles. The molecule has 21 heavy (non-hydrogen) atoms. The molecule has 6 heteroatoms. The first kappa shape index (κ1) is 13.7. The molecule has 2 atom stereocenters. The summed E-state index contributed by atoms with van der Waals surface area (Å²) in [4.78, 5) is 7.04. The van der Waals surface area contributed by atoms with Crippen LogP contribution < -0.4 is 5.73 Å². The molecule has 6 nitrogen and oxygen atoms in total.